The summed E-state index contributed by atoms with van der Waals surface area (Å²) in [5.41, 5.74) is 0.180. The Labute approximate surface area is 109 Å². The Bertz CT molecular complexity index is 487. The molecule has 1 rings (SSSR count). The predicted molar refractivity (Wildman–Crippen MR) is 65.4 cm³/mol. The third-order valence-electron chi connectivity index (χ3n) is 2.28. The molecule has 2 amide bonds. The molecule has 0 aliphatic rings. The quantitative estimate of drug-likeness (QED) is 0.904. The topological polar surface area (TPSA) is 74.7 Å². The van der Waals surface area contributed by atoms with E-state index in [0.29, 0.717) is 0 Å². The van der Waals surface area contributed by atoms with E-state index in [1.165, 1.54) is 19.1 Å². The summed E-state index contributed by atoms with van der Waals surface area (Å²) in [6.07, 6.45) is -0.296. The summed E-state index contributed by atoms with van der Waals surface area (Å²) in [5.74, 6) is -2.18. The number of nitrogens with zero attached hydrogens (tertiary/aromatic N) is 1. The van der Waals surface area contributed by atoms with Crippen LogP contribution in [0.1, 0.15) is 23.7 Å². The Kier molecular flexibility index (Phi) is 4.85. The van der Waals surface area contributed by atoms with Gasteiger partial charge >= 0.3 is 5.97 Å². The third kappa shape index (κ3) is 3.56. The van der Waals surface area contributed by atoms with Crippen molar-refractivity contribution >= 4 is 29.4 Å². The lowest BCUT2D eigenvalue weighted by atomic mass is 10.2. The van der Waals surface area contributed by atoms with E-state index in [1.54, 1.807) is 12.1 Å². The van der Waals surface area contributed by atoms with Crippen LogP contribution in [0.4, 0.5) is 0 Å². The van der Waals surface area contributed by atoms with E-state index < -0.39 is 17.8 Å². The first kappa shape index (κ1) is 14.2. The number of aliphatic carboxylic acids is 1. The van der Waals surface area contributed by atoms with Crippen LogP contribution >= 0.6 is 11.6 Å². The van der Waals surface area contributed by atoms with E-state index in [2.05, 4.69) is 0 Å². The maximum atomic E-state index is 12.0. The minimum Gasteiger partial charge on any atom is -0.481 e. The molecule has 0 atom stereocenters. The fourth-order valence-electron chi connectivity index (χ4n) is 1.39. The van der Waals surface area contributed by atoms with E-state index >= 15 is 0 Å². The van der Waals surface area contributed by atoms with Crippen molar-refractivity contribution in [3.63, 3.8) is 0 Å². The van der Waals surface area contributed by atoms with Crippen LogP contribution < -0.4 is 0 Å². The molecule has 0 bridgehead atoms. The highest BCUT2D eigenvalue weighted by atomic mass is 35.5. The van der Waals surface area contributed by atoms with Crippen LogP contribution in [0.5, 0.6) is 0 Å². The first-order valence-corrected chi connectivity index (χ1v) is 5.60. The van der Waals surface area contributed by atoms with E-state index in [4.69, 9.17) is 16.7 Å². The first-order valence-electron chi connectivity index (χ1n) is 5.22. The van der Waals surface area contributed by atoms with Crippen molar-refractivity contribution in [3.8, 4) is 0 Å². The zero-order chi connectivity index (χ0) is 13.7. The van der Waals surface area contributed by atoms with Gasteiger partial charge in [-0.15, -0.1) is 0 Å². The molecule has 0 aliphatic heterocycles. The minimum atomic E-state index is -1.08. The summed E-state index contributed by atoms with van der Waals surface area (Å²) in [7, 11) is 0. The third-order valence-corrected chi connectivity index (χ3v) is 2.61. The fourth-order valence-corrected chi connectivity index (χ4v) is 1.61. The summed E-state index contributed by atoms with van der Waals surface area (Å²) < 4.78 is 0. The Balaban J connectivity index is 2.93. The number of carboxylic acid groups (broad SMARTS) is 1. The van der Waals surface area contributed by atoms with Crippen molar-refractivity contribution in [1.82, 2.24) is 4.90 Å². The van der Waals surface area contributed by atoms with Gasteiger partial charge in [0.2, 0.25) is 5.91 Å². The number of carbonyl (C=O) groups excluding carboxylic acids is 2. The van der Waals surface area contributed by atoms with Crippen LogP contribution in [-0.4, -0.2) is 34.3 Å². The van der Waals surface area contributed by atoms with Crippen molar-refractivity contribution in [1.29, 1.82) is 0 Å². The van der Waals surface area contributed by atoms with Crippen molar-refractivity contribution in [2.75, 3.05) is 6.54 Å². The van der Waals surface area contributed by atoms with Crippen LogP contribution in [0.2, 0.25) is 5.02 Å². The number of carbonyl (C=O) groups is 3. The molecule has 0 saturated carbocycles. The molecule has 0 heterocycles. The van der Waals surface area contributed by atoms with E-state index in [9.17, 15) is 14.4 Å². The van der Waals surface area contributed by atoms with Gasteiger partial charge in [0, 0.05) is 13.5 Å². The normalized spacial score (nSPS) is 9.89. The molecular weight excluding hydrogens is 258 g/mol. The molecule has 0 radical (unpaired) electrons. The number of hydrogen-bond donors (Lipinski definition) is 1. The number of rotatable bonds is 4. The van der Waals surface area contributed by atoms with Crippen LogP contribution in [0.15, 0.2) is 24.3 Å². The number of imide groups is 1. The highest BCUT2D eigenvalue weighted by molar-refractivity contribution is 6.34. The maximum Gasteiger partial charge on any atom is 0.305 e. The molecule has 1 aromatic carbocycles. The Morgan fingerprint density at radius 1 is 1.28 bits per heavy atom. The number of halogens is 1. The van der Waals surface area contributed by atoms with Crippen molar-refractivity contribution in [2.24, 2.45) is 0 Å². The molecule has 0 unspecified atom stereocenters. The van der Waals surface area contributed by atoms with Crippen molar-refractivity contribution < 1.29 is 19.5 Å². The minimum absolute atomic E-state index is 0.172. The van der Waals surface area contributed by atoms with Gasteiger partial charge in [-0.25, -0.2) is 0 Å². The second-order valence-electron chi connectivity index (χ2n) is 3.60. The Morgan fingerprint density at radius 3 is 2.39 bits per heavy atom. The fraction of sp³-hybridized carbons (Fsp3) is 0.250. The number of hydrogen-bond acceptors (Lipinski definition) is 3. The Hall–Kier alpha value is -1.88. The predicted octanol–water partition coefficient (Wildman–Crippen LogP) is 1.80. The van der Waals surface area contributed by atoms with Gasteiger partial charge in [-0.05, 0) is 12.1 Å². The lowest BCUT2D eigenvalue weighted by molar-refractivity contribution is -0.137. The standard InChI is InChI=1S/C12H12ClNO4/c1-8(15)14(7-6-11(16)17)12(18)9-4-2-3-5-10(9)13/h2-5H,6-7H2,1H3,(H,16,17). The molecule has 0 fully saturated rings. The van der Waals surface area contributed by atoms with E-state index in [1.807, 2.05) is 0 Å². The van der Waals surface area contributed by atoms with Gasteiger partial charge in [0.1, 0.15) is 0 Å². The summed E-state index contributed by atoms with van der Waals surface area (Å²) >= 11 is 5.86. The zero-order valence-electron chi connectivity index (χ0n) is 9.72. The average molecular weight is 270 g/mol. The largest absolute Gasteiger partial charge is 0.481 e. The zero-order valence-corrected chi connectivity index (χ0v) is 10.5. The van der Waals surface area contributed by atoms with Crippen molar-refractivity contribution in [3.05, 3.63) is 34.9 Å². The van der Waals surface area contributed by atoms with Gasteiger partial charge < -0.3 is 5.11 Å². The summed E-state index contributed by atoms with van der Waals surface area (Å²) in [5, 5.41) is 8.80. The first-order chi connectivity index (χ1) is 8.43. The molecular formula is C12H12ClNO4. The van der Waals surface area contributed by atoms with Crippen LogP contribution in [0.3, 0.4) is 0 Å². The summed E-state index contributed by atoms with van der Waals surface area (Å²) in [6, 6.07) is 6.30. The monoisotopic (exact) mass is 269 g/mol. The maximum absolute atomic E-state index is 12.0. The molecule has 1 aromatic rings. The molecule has 1 N–H and O–H groups in total. The molecule has 18 heavy (non-hydrogen) atoms. The molecule has 6 heteroatoms. The molecule has 5 nitrogen and oxygen atoms in total. The molecule has 0 spiro atoms. The molecule has 0 saturated heterocycles. The second kappa shape index (κ2) is 6.16. The lowest BCUT2D eigenvalue weighted by Crippen LogP contribution is -2.37. The number of carboxylic acids is 1. The second-order valence-corrected chi connectivity index (χ2v) is 4.01. The Morgan fingerprint density at radius 2 is 1.89 bits per heavy atom. The SMILES string of the molecule is CC(=O)N(CCC(=O)O)C(=O)c1ccccc1Cl. The van der Waals surface area contributed by atoms with Gasteiger partial charge in [0.25, 0.3) is 5.91 Å². The van der Waals surface area contributed by atoms with Gasteiger partial charge in [-0.2, -0.15) is 0 Å². The van der Waals surface area contributed by atoms with Gasteiger partial charge in [-0.1, -0.05) is 23.7 Å². The lowest BCUT2D eigenvalue weighted by Gasteiger charge is -2.18. The van der Waals surface area contributed by atoms with Crippen LogP contribution in [-0.2, 0) is 9.59 Å². The molecule has 0 aliphatic carbocycles. The summed E-state index contributed by atoms with van der Waals surface area (Å²) in [4.78, 5) is 34.7. The van der Waals surface area contributed by atoms with Crippen LogP contribution in [0, 0.1) is 0 Å². The molecule has 96 valence electrons. The van der Waals surface area contributed by atoms with Crippen LogP contribution in [0.25, 0.3) is 0 Å². The number of amides is 2. The highest BCUT2D eigenvalue weighted by Gasteiger charge is 2.22. The van der Waals surface area contributed by atoms with Crippen molar-refractivity contribution in [2.45, 2.75) is 13.3 Å². The summed E-state index contributed by atoms with van der Waals surface area (Å²) in [6.45, 7) is 1.03. The van der Waals surface area contributed by atoms with E-state index in [-0.39, 0.29) is 23.6 Å². The smallest absolute Gasteiger partial charge is 0.305 e. The number of benzene rings is 1. The average Bonchev–Trinajstić information content (AvgIpc) is 2.28. The van der Waals surface area contributed by atoms with Gasteiger partial charge in [-0.3, -0.25) is 19.3 Å². The van der Waals surface area contributed by atoms with E-state index in [0.717, 1.165) is 4.90 Å². The molecule has 0 aromatic heterocycles. The van der Waals surface area contributed by atoms with Gasteiger partial charge in [0.15, 0.2) is 0 Å². The van der Waals surface area contributed by atoms with Gasteiger partial charge in [0.05, 0.1) is 17.0 Å². The highest BCUT2D eigenvalue weighted by Crippen LogP contribution is 2.17.